The van der Waals surface area contributed by atoms with Crippen LogP contribution in [0.4, 0.5) is 9.52 Å². The number of anilines is 1. The molecule has 1 amide bonds. The Morgan fingerprint density at radius 3 is 2.41 bits per heavy atom. The van der Waals surface area contributed by atoms with Gasteiger partial charge in [0.1, 0.15) is 27.5 Å². The molecule has 0 bridgehead atoms. The molecule has 0 aliphatic heterocycles. The van der Waals surface area contributed by atoms with Gasteiger partial charge in [-0.05, 0) is 63.5 Å². The van der Waals surface area contributed by atoms with Gasteiger partial charge >= 0.3 is 0 Å². The van der Waals surface area contributed by atoms with E-state index < -0.39 is 0 Å². The molecule has 0 fully saturated rings. The minimum atomic E-state index is -0.265. The van der Waals surface area contributed by atoms with Gasteiger partial charge in [-0.25, -0.2) is 9.37 Å². The van der Waals surface area contributed by atoms with Gasteiger partial charge in [0, 0.05) is 23.6 Å². The molecule has 0 aliphatic carbocycles. The molecule has 0 aliphatic rings. The van der Waals surface area contributed by atoms with Gasteiger partial charge in [-0.1, -0.05) is 11.3 Å². The fraction of sp³-hybridized carbons (Fsp3) is 0.391. The number of rotatable bonds is 11. The molecule has 0 N–H and O–H groups in total. The predicted molar refractivity (Wildman–Crippen MR) is 130 cm³/mol. The zero-order valence-corrected chi connectivity index (χ0v) is 20.4. The largest absolute Gasteiger partial charge is 0.495 e. The van der Waals surface area contributed by atoms with Crippen LogP contribution in [0.25, 0.3) is 10.2 Å². The lowest BCUT2D eigenvalue weighted by Crippen LogP contribution is -2.33. The van der Waals surface area contributed by atoms with Gasteiger partial charge in [-0.2, -0.15) is 0 Å². The molecule has 32 heavy (non-hydrogen) atoms. The predicted octanol–water partition coefficient (Wildman–Crippen LogP) is 4.92. The first-order valence-electron chi connectivity index (χ1n) is 10.3. The molecule has 0 atom stereocenters. The summed E-state index contributed by atoms with van der Waals surface area (Å²) in [5.41, 5.74) is 0.693. The van der Waals surface area contributed by atoms with Crippen LogP contribution in [0.1, 0.15) is 12.8 Å². The molecule has 3 aromatic rings. The van der Waals surface area contributed by atoms with E-state index in [2.05, 4.69) is 4.90 Å². The monoisotopic (exact) mass is 477 g/mol. The third kappa shape index (κ3) is 6.11. The average molecular weight is 478 g/mol. The summed E-state index contributed by atoms with van der Waals surface area (Å²) in [4.78, 5) is 22.7. The van der Waals surface area contributed by atoms with Crippen LogP contribution in [-0.4, -0.2) is 62.9 Å². The third-order valence-electron chi connectivity index (χ3n) is 4.82. The van der Waals surface area contributed by atoms with E-state index in [-0.39, 0.29) is 11.7 Å². The lowest BCUT2D eigenvalue weighted by molar-refractivity contribution is -0.118. The number of hydrogen-bond donors (Lipinski definition) is 0. The van der Waals surface area contributed by atoms with Gasteiger partial charge in [0.2, 0.25) is 5.91 Å². The van der Waals surface area contributed by atoms with Crippen molar-refractivity contribution in [1.29, 1.82) is 0 Å². The van der Waals surface area contributed by atoms with E-state index in [1.165, 1.54) is 35.2 Å². The molecule has 0 spiro atoms. The molecule has 0 saturated heterocycles. The number of amides is 1. The van der Waals surface area contributed by atoms with Crippen molar-refractivity contribution >= 4 is 44.4 Å². The van der Waals surface area contributed by atoms with Crippen molar-refractivity contribution in [3.05, 3.63) is 42.2 Å². The van der Waals surface area contributed by atoms with Crippen LogP contribution in [0.2, 0.25) is 0 Å². The van der Waals surface area contributed by atoms with Gasteiger partial charge in [0.25, 0.3) is 0 Å². The molecule has 1 aromatic heterocycles. The first-order chi connectivity index (χ1) is 15.4. The van der Waals surface area contributed by atoms with Gasteiger partial charge in [0.15, 0.2) is 5.13 Å². The Kier molecular flexibility index (Phi) is 8.72. The summed E-state index contributed by atoms with van der Waals surface area (Å²) in [6.45, 7) is 1.44. The van der Waals surface area contributed by atoms with Gasteiger partial charge < -0.3 is 14.4 Å². The summed E-state index contributed by atoms with van der Waals surface area (Å²) in [6, 6.07) is 9.99. The molecular weight excluding hydrogens is 449 g/mol. The lowest BCUT2D eigenvalue weighted by atomic mass is 10.3. The second-order valence-electron chi connectivity index (χ2n) is 7.40. The number of carbonyl (C=O) groups excluding carboxylic acids is 1. The van der Waals surface area contributed by atoms with Crippen molar-refractivity contribution in [3.63, 3.8) is 0 Å². The van der Waals surface area contributed by atoms with Crippen LogP contribution in [0.5, 0.6) is 11.5 Å². The third-order valence-corrected chi connectivity index (χ3v) is 6.92. The van der Waals surface area contributed by atoms with E-state index in [1.807, 2.05) is 26.2 Å². The SMILES string of the molecule is COc1ccc(OC)c2sc(N(CCCN(C)C)C(=O)CCSc3ccc(F)cc3)nc12. The lowest BCUT2D eigenvalue weighted by Gasteiger charge is -2.21. The first kappa shape index (κ1) is 24.3. The fourth-order valence-corrected chi connectivity index (χ4v) is 5.14. The Labute approximate surface area is 196 Å². The number of halogens is 1. The van der Waals surface area contributed by atoms with Crippen molar-refractivity contribution in [2.24, 2.45) is 0 Å². The topological polar surface area (TPSA) is 54.9 Å². The zero-order valence-electron chi connectivity index (χ0n) is 18.8. The summed E-state index contributed by atoms with van der Waals surface area (Å²) in [7, 11) is 7.25. The molecule has 0 unspecified atom stereocenters. The maximum Gasteiger partial charge on any atom is 0.229 e. The number of benzene rings is 2. The Hall–Kier alpha value is -2.36. The molecule has 9 heteroatoms. The van der Waals surface area contributed by atoms with E-state index in [0.29, 0.717) is 40.9 Å². The van der Waals surface area contributed by atoms with Crippen LogP contribution in [0.3, 0.4) is 0 Å². The van der Waals surface area contributed by atoms with Crippen LogP contribution in [0, 0.1) is 5.82 Å². The summed E-state index contributed by atoms with van der Waals surface area (Å²) in [6.07, 6.45) is 1.18. The molecule has 0 saturated carbocycles. The number of nitrogens with zero attached hydrogens (tertiary/aromatic N) is 3. The Morgan fingerprint density at radius 2 is 1.75 bits per heavy atom. The number of hydrogen-bond acceptors (Lipinski definition) is 7. The van der Waals surface area contributed by atoms with E-state index in [4.69, 9.17) is 14.5 Å². The van der Waals surface area contributed by atoms with Crippen LogP contribution >= 0.6 is 23.1 Å². The van der Waals surface area contributed by atoms with Crippen molar-refractivity contribution < 1.29 is 18.7 Å². The second kappa shape index (κ2) is 11.5. The highest BCUT2D eigenvalue weighted by molar-refractivity contribution is 7.99. The van der Waals surface area contributed by atoms with Crippen molar-refractivity contribution in [2.75, 3.05) is 52.1 Å². The second-order valence-corrected chi connectivity index (χ2v) is 9.54. The molecule has 172 valence electrons. The molecule has 2 aromatic carbocycles. The number of fused-ring (bicyclic) bond motifs is 1. The number of methoxy groups -OCH3 is 2. The number of carbonyl (C=O) groups is 1. The van der Waals surface area contributed by atoms with Crippen molar-refractivity contribution in [3.8, 4) is 11.5 Å². The van der Waals surface area contributed by atoms with E-state index >= 15 is 0 Å². The molecule has 3 rings (SSSR count). The van der Waals surface area contributed by atoms with E-state index in [0.717, 1.165) is 22.6 Å². The number of thiazole rings is 1. The normalized spacial score (nSPS) is 11.2. The smallest absolute Gasteiger partial charge is 0.229 e. The van der Waals surface area contributed by atoms with E-state index in [1.54, 1.807) is 31.3 Å². The highest BCUT2D eigenvalue weighted by Crippen LogP contribution is 2.40. The molecule has 0 radical (unpaired) electrons. The zero-order chi connectivity index (χ0) is 23.1. The first-order valence-corrected chi connectivity index (χ1v) is 12.1. The summed E-state index contributed by atoms with van der Waals surface area (Å²) < 4.78 is 24.9. The minimum absolute atomic E-state index is 0.00959. The average Bonchev–Trinajstić information content (AvgIpc) is 3.22. The highest BCUT2D eigenvalue weighted by Gasteiger charge is 2.22. The maximum absolute atomic E-state index is 13.2. The quantitative estimate of drug-likeness (QED) is 0.366. The van der Waals surface area contributed by atoms with E-state index in [9.17, 15) is 9.18 Å². The summed E-state index contributed by atoms with van der Waals surface area (Å²) in [5, 5.41) is 0.637. The van der Waals surface area contributed by atoms with Crippen molar-refractivity contribution in [2.45, 2.75) is 17.7 Å². The fourth-order valence-electron chi connectivity index (χ4n) is 3.18. The van der Waals surface area contributed by atoms with Gasteiger partial charge in [-0.3, -0.25) is 9.69 Å². The number of aromatic nitrogens is 1. The number of ether oxygens (including phenoxy) is 2. The van der Waals surface area contributed by atoms with Crippen LogP contribution < -0.4 is 14.4 Å². The minimum Gasteiger partial charge on any atom is -0.495 e. The van der Waals surface area contributed by atoms with Crippen LogP contribution in [0.15, 0.2) is 41.3 Å². The summed E-state index contributed by atoms with van der Waals surface area (Å²) >= 11 is 2.97. The van der Waals surface area contributed by atoms with Gasteiger partial charge in [-0.15, -0.1) is 11.8 Å². The number of thioether (sulfide) groups is 1. The Balaban J connectivity index is 1.79. The highest BCUT2D eigenvalue weighted by atomic mass is 32.2. The van der Waals surface area contributed by atoms with Crippen molar-refractivity contribution in [1.82, 2.24) is 9.88 Å². The summed E-state index contributed by atoms with van der Waals surface area (Å²) in [5.74, 6) is 1.70. The Bertz CT molecular complexity index is 1000. The molecule has 1 heterocycles. The van der Waals surface area contributed by atoms with Crippen LogP contribution in [-0.2, 0) is 4.79 Å². The standard InChI is InChI=1S/C23H28FN3O3S2/c1-26(2)13-5-14-27(20(28)12-15-31-17-8-6-16(24)7-9-17)23-25-21-18(29-3)10-11-19(30-4)22(21)32-23/h6-11H,5,12-15H2,1-4H3. The maximum atomic E-state index is 13.2. The van der Waals surface area contributed by atoms with Gasteiger partial charge in [0.05, 0.1) is 14.2 Å². The molecular formula is C23H28FN3O3S2. The Morgan fingerprint density at radius 1 is 1.06 bits per heavy atom. The molecule has 6 nitrogen and oxygen atoms in total.